The van der Waals surface area contributed by atoms with Crippen molar-refractivity contribution in [3.05, 3.63) is 205 Å². The first-order chi connectivity index (χ1) is 28.0. The molecule has 0 fully saturated rings. The Morgan fingerprint density at radius 2 is 0.684 bits per heavy atom. The Kier molecular flexibility index (Phi) is 6.78. The molecule has 11 aromatic rings. The summed E-state index contributed by atoms with van der Waals surface area (Å²) in [5.41, 5.74) is 13.0. The van der Waals surface area contributed by atoms with Crippen molar-refractivity contribution in [1.29, 1.82) is 0 Å². The highest BCUT2D eigenvalue weighted by molar-refractivity contribution is 6.33. The first-order valence-corrected chi connectivity index (χ1v) is 20.1. The molecule has 0 unspecified atom stereocenters. The van der Waals surface area contributed by atoms with E-state index in [0.717, 1.165) is 0 Å². The molecule has 57 heavy (non-hydrogen) atoms. The molecule has 12 rings (SSSR count). The van der Waals surface area contributed by atoms with E-state index in [9.17, 15) is 0 Å². The van der Waals surface area contributed by atoms with Crippen molar-refractivity contribution >= 4 is 64.6 Å². The minimum atomic E-state index is -0.0388. The number of hydrogen-bond acceptors (Lipinski definition) is 0. The average molecular weight is 723 g/mol. The minimum absolute atomic E-state index is 0.0388. The van der Waals surface area contributed by atoms with Crippen LogP contribution >= 0.6 is 0 Å². The van der Waals surface area contributed by atoms with Gasteiger partial charge >= 0.3 is 0 Å². The molecule has 0 heteroatoms. The zero-order valence-corrected chi connectivity index (χ0v) is 32.0. The van der Waals surface area contributed by atoms with E-state index in [2.05, 4.69) is 208 Å². The molecule has 266 valence electrons. The van der Waals surface area contributed by atoms with Crippen LogP contribution in [-0.4, -0.2) is 0 Å². The van der Waals surface area contributed by atoms with Crippen molar-refractivity contribution < 1.29 is 0 Å². The van der Waals surface area contributed by atoms with Crippen molar-refractivity contribution in [3.63, 3.8) is 0 Å². The van der Waals surface area contributed by atoms with Gasteiger partial charge in [0.05, 0.1) is 0 Å². The van der Waals surface area contributed by atoms with Gasteiger partial charge in [0.25, 0.3) is 0 Å². The Morgan fingerprint density at radius 3 is 1.33 bits per heavy atom. The van der Waals surface area contributed by atoms with E-state index < -0.39 is 0 Å². The predicted octanol–water partition coefficient (Wildman–Crippen LogP) is 15.9. The molecule has 0 heterocycles. The maximum atomic E-state index is 2.45. The summed E-state index contributed by atoms with van der Waals surface area (Å²) >= 11 is 0. The Bertz CT molecular complexity index is 3490. The lowest BCUT2D eigenvalue weighted by molar-refractivity contribution is 0.660. The fraction of sp³-hybridized carbons (Fsp3) is 0.0526. The third-order valence-corrected chi connectivity index (χ3v) is 13.0. The molecule has 0 amide bonds. The molecule has 0 atom stereocenters. The zero-order chi connectivity index (χ0) is 37.8. The number of rotatable bonds is 3. The third kappa shape index (κ3) is 4.68. The van der Waals surface area contributed by atoms with Gasteiger partial charge in [-0.2, -0.15) is 0 Å². The predicted molar refractivity (Wildman–Crippen MR) is 245 cm³/mol. The van der Waals surface area contributed by atoms with Crippen LogP contribution in [0.3, 0.4) is 0 Å². The van der Waals surface area contributed by atoms with Crippen LogP contribution < -0.4 is 0 Å². The Morgan fingerprint density at radius 1 is 0.263 bits per heavy atom. The SMILES string of the molecule is CC1(C)c2ccccc2-c2ccc(-c3ccc(-c4ccc5ccc(-c6cc7c8ccccc8c8ccccc8c7c7ccccc67)cc5c4)c4ccccc34)cc21. The van der Waals surface area contributed by atoms with E-state index in [1.165, 1.54) is 120 Å². The van der Waals surface area contributed by atoms with Crippen LogP contribution in [0.5, 0.6) is 0 Å². The first-order valence-electron chi connectivity index (χ1n) is 20.1. The summed E-state index contributed by atoms with van der Waals surface area (Å²) in [4.78, 5) is 0. The van der Waals surface area contributed by atoms with E-state index >= 15 is 0 Å². The molecule has 0 saturated carbocycles. The Labute approximate surface area is 332 Å². The topological polar surface area (TPSA) is 0 Å². The van der Waals surface area contributed by atoms with Gasteiger partial charge in [-0.25, -0.2) is 0 Å². The number of hydrogen-bond donors (Lipinski definition) is 0. The molecule has 0 spiro atoms. The van der Waals surface area contributed by atoms with E-state index in [0.29, 0.717) is 0 Å². The maximum Gasteiger partial charge on any atom is 0.0159 e. The van der Waals surface area contributed by atoms with E-state index in [1.54, 1.807) is 0 Å². The lowest BCUT2D eigenvalue weighted by atomic mass is 9.81. The van der Waals surface area contributed by atoms with Gasteiger partial charge in [-0.3, -0.25) is 0 Å². The lowest BCUT2D eigenvalue weighted by Crippen LogP contribution is -2.14. The normalized spacial score (nSPS) is 13.2. The highest BCUT2D eigenvalue weighted by atomic mass is 14.4. The van der Waals surface area contributed by atoms with Crippen molar-refractivity contribution in [3.8, 4) is 44.5 Å². The Balaban J connectivity index is 1.01. The largest absolute Gasteiger partial charge is 0.0619 e. The number of fused-ring (bicyclic) bond motifs is 13. The molecule has 0 aliphatic heterocycles. The van der Waals surface area contributed by atoms with Crippen LogP contribution in [0.15, 0.2) is 194 Å². The molecule has 0 nitrogen and oxygen atoms in total. The molecular formula is C57H38. The first kappa shape index (κ1) is 32.2. The second-order valence-corrected chi connectivity index (χ2v) is 16.4. The van der Waals surface area contributed by atoms with E-state index in [1.807, 2.05) is 0 Å². The average Bonchev–Trinajstić information content (AvgIpc) is 3.50. The zero-order valence-electron chi connectivity index (χ0n) is 32.0. The van der Waals surface area contributed by atoms with Gasteiger partial charge in [0.1, 0.15) is 0 Å². The molecule has 11 aromatic carbocycles. The fourth-order valence-corrected chi connectivity index (χ4v) is 10.3. The number of benzene rings is 11. The summed E-state index contributed by atoms with van der Waals surface area (Å²) in [6.45, 7) is 4.72. The van der Waals surface area contributed by atoms with Crippen molar-refractivity contribution in [2.24, 2.45) is 0 Å². The summed E-state index contributed by atoms with van der Waals surface area (Å²) in [6.07, 6.45) is 0. The summed E-state index contributed by atoms with van der Waals surface area (Å²) in [6, 6.07) is 72.7. The molecule has 0 radical (unpaired) electrons. The minimum Gasteiger partial charge on any atom is -0.0619 e. The maximum absolute atomic E-state index is 2.45. The summed E-state index contributed by atoms with van der Waals surface area (Å²) in [7, 11) is 0. The summed E-state index contributed by atoms with van der Waals surface area (Å²) in [5, 5.41) is 15.4. The molecule has 0 N–H and O–H groups in total. The van der Waals surface area contributed by atoms with Gasteiger partial charge in [-0.1, -0.05) is 184 Å². The van der Waals surface area contributed by atoms with Gasteiger partial charge in [-0.15, -0.1) is 0 Å². The third-order valence-electron chi connectivity index (χ3n) is 13.0. The van der Waals surface area contributed by atoms with Crippen LogP contribution in [0, 0.1) is 0 Å². The van der Waals surface area contributed by atoms with Gasteiger partial charge in [-0.05, 0) is 145 Å². The standard InChI is InChI=1S/C57H38/c1-57(2)54-22-12-11-19-48(54)49-28-27-38(33-55(49)57)41-30-29-40(42-13-3-4-14-43(41)42)36-25-23-35-24-26-37(32-39(35)31-36)52-34-53-46-17-6-5-15-44(46)45-16-7-9-20-50(45)56(53)51-21-10-8-18-47(51)52/h3-34H,1-2H3. The van der Waals surface area contributed by atoms with Crippen molar-refractivity contribution in [2.75, 3.05) is 0 Å². The van der Waals surface area contributed by atoms with E-state index in [-0.39, 0.29) is 5.41 Å². The molecule has 0 bridgehead atoms. The van der Waals surface area contributed by atoms with Crippen LogP contribution in [0.2, 0.25) is 0 Å². The quantitative estimate of drug-likeness (QED) is 0.159. The van der Waals surface area contributed by atoms with Crippen LogP contribution in [0.25, 0.3) is 109 Å². The van der Waals surface area contributed by atoms with Gasteiger partial charge in [0.2, 0.25) is 0 Å². The van der Waals surface area contributed by atoms with Gasteiger partial charge < -0.3 is 0 Å². The summed E-state index contributed by atoms with van der Waals surface area (Å²) in [5.74, 6) is 0. The molecule has 0 saturated heterocycles. The monoisotopic (exact) mass is 722 g/mol. The highest BCUT2D eigenvalue weighted by Gasteiger charge is 2.35. The van der Waals surface area contributed by atoms with Crippen LogP contribution in [0.4, 0.5) is 0 Å². The molecule has 1 aliphatic carbocycles. The van der Waals surface area contributed by atoms with Crippen LogP contribution in [-0.2, 0) is 5.41 Å². The van der Waals surface area contributed by atoms with Gasteiger partial charge in [0, 0.05) is 5.41 Å². The molecule has 1 aliphatic rings. The fourth-order valence-electron chi connectivity index (χ4n) is 10.3. The summed E-state index contributed by atoms with van der Waals surface area (Å²) < 4.78 is 0. The molecular weight excluding hydrogens is 685 g/mol. The molecule has 0 aromatic heterocycles. The van der Waals surface area contributed by atoms with E-state index in [4.69, 9.17) is 0 Å². The lowest BCUT2D eigenvalue weighted by Gasteiger charge is -2.22. The smallest absolute Gasteiger partial charge is 0.0159 e. The van der Waals surface area contributed by atoms with Gasteiger partial charge in [0.15, 0.2) is 0 Å². The van der Waals surface area contributed by atoms with Crippen molar-refractivity contribution in [2.45, 2.75) is 19.3 Å². The van der Waals surface area contributed by atoms with Crippen molar-refractivity contribution in [1.82, 2.24) is 0 Å². The highest BCUT2D eigenvalue weighted by Crippen LogP contribution is 2.50. The second kappa shape index (κ2) is 12.0. The van der Waals surface area contributed by atoms with Crippen LogP contribution in [0.1, 0.15) is 25.0 Å². The Hall–Kier alpha value is -7.02. The second-order valence-electron chi connectivity index (χ2n) is 16.4.